The van der Waals surface area contributed by atoms with Crippen molar-refractivity contribution in [2.24, 2.45) is 11.5 Å². The van der Waals surface area contributed by atoms with Crippen LogP contribution in [0.1, 0.15) is 25.7 Å². The average Bonchev–Trinajstić information content (AvgIpc) is 2.33. The molecule has 0 bridgehead atoms. The van der Waals surface area contributed by atoms with Gasteiger partial charge in [0.1, 0.15) is 0 Å². The van der Waals surface area contributed by atoms with E-state index in [9.17, 15) is 19.2 Å². The molecule has 0 saturated heterocycles. The molecule has 0 saturated carbocycles. The molecule has 116 valence electrons. The Balaban J connectivity index is -0.000000295. The number of carboxylic acid groups (broad SMARTS) is 2. The van der Waals surface area contributed by atoms with E-state index >= 15 is 0 Å². The summed E-state index contributed by atoms with van der Waals surface area (Å²) in [5.41, 5.74) is 23.1. The van der Waals surface area contributed by atoms with Gasteiger partial charge >= 0.3 is 19.5 Å². The van der Waals surface area contributed by atoms with Gasteiger partial charge in [-0.1, -0.05) is 12.8 Å². The number of carboxylic acids is 2. The van der Waals surface area contributed by atoms with Crippen molar-refractivity contribution in [2.45, 2.75) is 37.8 Å². The van der Waals surface area contributed by atoms with Gasteiger partial charge in [0.25, 0.3) is 11.9 Å². The minimum absolute atomic E-state index is 0. The van der Waals surface area contributed by atoms with Crippen LogP contribution in [0.25, 0.3) is 11.5 Å². The Labute approximate surface area is 134 Å². The van der Waals surface area contributed by atoms with E-state index in [-0.39, 0.29) is 45.2 Å². The Morgan fingerprint density at radius 1 is 0.810 bits per heavy atom. The molecule has 0 aromatic carbocycles. The van der Waals surface area contributed by atoms with Crippen LogP contribution in [0.15, 0.2) is 0 Å². The van der Waals surface area contributed by atoms with Gasteiger partial charge in [0.2, 0.25) is 11.8 Å². The maximum atomic E-state index is 10.1. The second-order valence-electron chi connectivity index (χ2n) is 3.79. The molecule has 0 aromatic rings. The number of carbonyl (C=O) groups excluding carboxylic acids is 2. The van der Waals surface area contributed by atoms with Crippen LogP contribution in [-0.4, -0.2) is 46.0 Å². The van der Waals surface area contributed by atoms with Gasteiger partial charge < -0.3 is 33.1 Å². The number of nitrogens with two attached hydrogens (primary N) is 2. The van der Waals surface area contributed by atoms with Crippen molar-refractivity contribution in [1.82, 2.24) is 0 Å². The van der Waals surface area contributed by atoms with Crippen molar-refractivity contribution in [3.05, 3.63) is 11.5 Å². The monoisotopic (exact) mass is 354 g/mol. The van der Waals surface area contributed by atoms with Gasteiger partial charge in [0.15, 0.2) is 0 Å². The maximum absolute atomic E-state index is 10.1. The topological polar surface area (TPSA) is 208 Å². The van der Waals surface area contributed by atoms with Gasteiger partial charge in [0.05, 0.1) is 0 Å². The van der Waals surface area contributed by atoms with E-state index in [1.807, 2.05) is 0 Å². The Morgan fingerprint density at radius 3 is 1.19 bits per heavy atom. The fourth-order valence-corrected chi connectivity index (χ4v) is 0.820. The number of amides is 2. The largest absolute Gasteiger partial charge is 2.00 e. The molecule has 0 aromatic heterocycles. The van der Waals surface area contributed by atoms with Crippen molar-refractivity contribution in [3.8, 4) is 0 Å². The SMILES string of the molecule is [NH-]C(CCC(N)=O)C(=O)O.[NH-]C(CCC(N)=O)C(=O)O.[Zn+2]. The summed E-state index contributed by atoms with van der Waals surface area (Å²) in [5, 5.41) is 16.3. The van der Waals surface area contributed by atoms with Crippen molar-refractivity contribution in [2.75, 3.05) is 0 Å². The van der Waals surface area contributed by atoms with Crippen LogP contribution >= 0.6 is 0 Å². The molecule has 8 N–H and O–H groups in total. The molecule has 0 radical (unpaired) electrons. The first-order chi connectivity index (χ1) is 9.07. The van der Waals surface area contributed by atoms with Crippen LogP contribution in [0.5, 0.6) is 0 Å². The fourth-order valence-electron chi connectivity index (χ4n) is 0.820. The molecule has 0 fully saturated rings. The van der Waals surface area contributed by atoms with Crippen LogP contribution in [-0.2, 0) is 38.7 Å². The molecular formula is C10H18N4O6Zn. The molecule has 0 heterocycles. The second-order valence-corrected chi connectivity index (χ2v) is 3.79. The van der Waals surface area contributed by atoms with E-state index in [1.54, 1.807) is 0 Å². The van der Waals surface area contributed by atoms with Gasteiger partial charge in [-0.15, -0.1) is 0 Å². The molecule has 0 rings (SSSR count). The Kier molecular flexibility index (Phi) is 15.6. The van der Waals surface area contributed by atoms with Crippen molar-refractivity contribution < 1.29 is 48.9 Å². The minimum Gasteiger partial charge on any atom is -0.665 e. The number of hydrogen-bond donors (Lipinski definition) is 4. The number of aliphatic carboxylic acids is 2. The molecule has 0 aliphatic rings. The molecule has 2 unspecified atom stereocenters. The quantitative estimate of drug-likeness (QED) is 0.421. The Bertz CT molecular complexity index is 331. The Hall–Kier alpha value is -1.58. The van der Waals surface area contributed by atoms with E-state index < -0.39 is 35.8 Å². The number of hydrogen-bond acceptors (Lipinski definition) is 4. The van der Waals surface area contributed by atoms with Gasteiger partial charge in [-0.3, -0.25) is 19.2 Å². The summed E-state index contributed by atoms with van der Waals surface area (Å²) >= 11 is 0. The summed E-state index contributed by atoms with van der Waals surface area (Å²) in [6.07, 6.45) is -0.101. The van der Waals surface area contributed by atoms with Crippen LogP contribution in [0.2, 0.25) is 0 Å². The van der Waals surface area contributed by atoms with E-state index in [0.717, 1.165) is 0 Å². The number of nitrogens with one attached hydrogen (secondary N) is 2. The normalized spacial score (nSPS) is 11.9. The maximum Gasteiger partial charge on any atom is 2.00 e. The summed E-state index contributed by atoms with van der Waals surface area (Å²) in [7, 11) is 0. The molecule has 0 aliphatic heterocycles. The first-order valence-corrected chi connectivity index (χ1v) is 5.52. The summed E-state index contributed by atoms with van der Waals surface area (Å²) in [5.74, 6) is -3.58. The zero-order chi connectivity index (χ0) is 16.3. The summed E-state index contributed by atoms with van der Waals surface area (Å²) in [6.45, 7) is 0. The molecule has 0 aliphatic carbocycles. The molecule has 21 heavy (non-hydrogen) atoms. The third kappa shape index (κ3) is 18.4. The molecule has 2 atom stereocenters. The summed E-state index contributed by atoms with van der Waals surface area (Å²) < 4.78 is 0. The molecule has 11 heteroatoms. The van der Waals surface area contributed by atoms with Crippen LogP contribution in [0.4, 0.5) is 0 Å². The standard InChI is InChI=1S/2C5H9N2O3.Zn/c2*6-3(5(9)10)1-2-4(7)8;/h2*3,6H,1-2H2,(H2,7,8)(H,9,10);/q2*-1;+2. The first kappa shape index (κ1) is 24.4. The fraction of sp³-hybridized carbons (Fsp3) is 0.600. The number of primary amides is 2. The summed E-state index contributed by atoms with van der Waals surface area (Å²) in [6, 6.07) is -2.46. The molecular weight excluding hydrogens is 338 g/mol. The molecule has 10 nitrogen and oxygen atoms in total. The average molecular weight is 356 g/mol. The van der Waals surface area contributed by atoms with Gasteiger partial charge in [0, 0.05) is 12.8 Å². The predicted octanol–water partition coefficient (Wildman–Crippen LogP) is -0.488. The van der Waals surface area contributed by atoms with Crippen molar-refractivity contribution >= 4 is 23.8 Å². The molecule has 2 amide bonds. The van der Waals surface area contributed by atoms with Gasteiger partial charge in [-0.25, -0.2) is 0 Å². The third-order valence-corrected chi connectivity index (χ3v) is 1.96. The van der Waals surface area contributed by atoms with E-state index in [4.69, 9.17) is 33.1 Å². The Morgan fingerprint density at radius 2 is 1.05 bits per heavy atom. The minimum atomic E-state index is -1.23. The molecule has 0 spiro atoms. The zero-order valence-corrected chi connectivity index (χ0v) is 14.3. The second kappa shape index (κ2) is 13.4. The van der Waals surface area contributed by atoms with E-state index in [0.29, 0.717) is 0 Å². The van der Waals surface area contributed by atoms with Crippen LogP contribution < -0.4 is 11.5 Å². The smallest absolute Gasteiger partial charge is 0.665 e. The number of rotatable bonds is 8. The number of carbonyl (C=O) groups is 4. The summed E-state index contributed by atoms with van der Waals surface area (Å²) in [4.78, 5) is 40.1. The van der Waals surface area contributed by atoms with Crippen LogP contribution in [0.3, 0.4) is 0 Å². The van der Waals surface area contributed by atoms with Gasteiger partial charge in [-0.2, -0.15) is 0 Å². The van der Waals surface area contributed by atoms with E-state index in [1.165, 1.54) is 0 Å². The predicted molar refractivity (Wildman–Crippen MR) is 68.3 cm³/mol. The third-order valence-electron chi connectivity index (χ3n) is 1.96. The zero-order valence-electron chi connectivity index (χ0n) is 11.4. The van der Waals surface area contributed by atoms with Crippen LogP contribution in [0, 0.1) is 0 Å². The van der Waals surface area contributed by atoms with Crippen molar-refractivity contribution in [1.29, 1.82) is 0 Å². The van der Waals surface area contributed by atoms with Gasteiger partial charge in [-0.05, 0) is 12.1 Å². The van der Waals surface area contributed by atoms with E-state index in [2.05, 4.69) is 0 Å². The first-order valence-electron chi connectivity index (χ1n) is 5.52. The van der Waals surface area contributed by atoms with Crippen molar-refractivity contribution in [3.63, 3.8) is 0 Å².